The molecule has 216 valence electrons. The van der Waals surface area contributed by atoms with Crippen LogP contribution in [-0.4, -0.2) is 38.0 Å². The zero-order valence-corrected chi connectivity index (χ0v) is 24.8. The summed E-state index contributed by atoms with van der Waals surface area (Å²) in [6.07, 6.45) is 1.89. The third-order valence-corrected chi connectivity index (χ3v) is 6.50. The molecular formula is C32H40N6O3. The molecule has 3 N–H and O–H groups in total. The molecule has 0 bridgehead atoms. The van der Waals surface area contributed by atoms with E-state index in [0.29, 0.717) is 37.0 Å². The first kappa shape index (κ1) is 29.6. The summed E-state index contributed by atoms with van der Waals surface area (Å²) in [7, 11) is 0. The van der Waals surface area contributed by atoms with E-state index in [1.165, 1.54) is 5.56 Å². The van der Waals surface area contributed by atoms with Gasteiger partial charge in [0.1, 0.15) is 23.7 Å². The van der Waals surface area contributed by atoms with Crippen molar-refractivity contribution in [3.63, 3.8) is 0 Å². The fourth-order valence-electron chi connectivity index (χ4n) is 4.49. The van der Waals surface area contributed by atoms with E-state index in [1.807, 2.05) is 49.7 Å². The third-order valence-electron chi connectivity index (χ3n) is 6.50. The molecule has 2 aromatic carbocycles. The van der Waals surface area contributed by atoms with Crippen molar-refractivity contribution in [2.24, 2.45) is 0 Å². The standard InChI is InChI=1S/C32H40N6O3/c1-7-27-28(24-12-14-25(15-13-24)40-20-22-8-10-23(11-9-22)21(2)3)29(26-16-17-34-30(33)36-26)37-38(27)19-18-35-31(39)41-32(4,5)6/h8-17,21H,7,18-20H2,1-6H3,(H,35,39)(H2,33,34,36). The number of amides is 1. The van der Waals surface area contributed by atoms with Gasteiger partial charge >= 0.3 is 6.09 Å². The molecule has 0 unspecified atom stereocenters. The van der Waals surface area contributed by atoms with E-state index in [-0.39, 0.29) is 5.95 Å². The number of alkyl carbamates (subject to hydrolysis) is 1. The lowest BCUT2D eigenvalue weighted by molar-refractivity contribution is 0.0525. The van der Waals surface area contributed by atoms with Gasteiger partial charge in [-0.1, -0.05) is 57.2 Å². The van der Waals surface area contributed by atoms with Gasteiger partial charge in [0.2, 0.25) is 5.95 Å². The Labute approximate surface area is 242 Å². The highest BCUT2D eigenvalue weighted by Crippen LogP contribution is 2.35. The summed E-state index contributed by atoms with van der Waals surface area (Å²) >= 11 is 0. The predicted octanol–water partition coefficient (Wildman–Crippen LogP) is 6.38. The minimum atomic E-state index is -0.564. The summed E-state index contributed by atoms with van der Waals surface area (Å²) in [4.78, 5) is 20.6. The Hall–Kier alpha value is -4.40. The lowest BCUT2D eigenvalue weighted by Gasteiger charge is -2.19. The number of nitrogens with two attached hydrogens (primary N) is 1. The molecule has 4 aromatic rings. The SMILES string of the molecule is CCc1c(-c2ccc(OCc3ccc(C(C)C)cc3)cc2)c(-c2ccnc(N)n2)nn1CCNC(=O)OC(C)(C)C. The Kier molecular flexibility index (Phi) is 9.27. The summed E-state index contributed by atoms with van der Waals surface area (Å²) in [5, 5.41) is 7.72. The number of nitrogens with zero attached hydrogens (tertiary/aromatic N) is 4. The van der Waals surface area contributed by atoms with Crippen LogP contribution in [-0.2, 0) is 24.3 Å². The van der Waals surface area contributed by atoms with Crippen molar-refractivity contribution in [1.82, 2.24) is 25.1 Å². The van der Waals surface area contributed by atoms with Crippen LogP contribution >= 0.6 is 0 Å². The van der Waals surface area contributed by atoms with Gasteiger partial charge < -0.3 is 20.5 Å². The van der Waals surface area contributed by atoms with E-state index < -0.39 is 11.7 Å². The first-order valence-corrected chi connectivity index (χ1v) is 14.0. The van der Waals surface area contributed by atoms with Crippen LogP contribution in [0.1, 0.15) is 64.3 Å². The second-order valence-electron chi connectivity index (χ2n) is 11.2. The number of rotatable bonds is 10. The molecule has 0 radical (unpaired) electrons. The zero-order valence-electron chi connectivity index (χ0n) is 24.8. The lowest BCUT2D eigenvalue weighted by atomic mass is 10.00. The molecule has 0 spiro atoms. The summed E-state index contributed by atoms with van der Waals surface area (Å²) in [5.74, 6) is 1.46. The maximum absolute atomic E-state index is 12.2. The van der Waals surface area contributed by atoms with Gasteiger partial charge in [0, 0.05) is 24.0 Å². The molecule has 0 fully saturated rings. The summed E-state index contributed by atoms with van der Waals surface area (Å²) in [6.45, 7) is 13.3. The number of carbonyl (C=O) groups is 1. The lowest BCUT2D eigenvalue weighted by Crippen LogP contribution is -2.34. The van der Waals surface area contributed by atoms with Crippen LogP contribution in [0.4, 0.5) is 10.7 Å². The number of ether oxygens (including phenoxy) is 2. The van der Waals surface area contributed by atoms with Gasteiger partial charge in [0.05, 0.1) is 12.2 Å². The smallest absolute Gasteiger partial charge is 0.407 e. The topological polar surface area (TPSA) is 117 Å². The first-order chi connectivity index (χ1) is 19.5. The van der Waals surface area contributed by atoms with Gasteiger partial charge in [0.25, 0.3) is 0 Å². The Morgan fingerprint density at radius 1 is 1.05 bits per heavy atom. The van der Waals surface area contributed by atoms with Crippen molar-refractivity contribution >= 4 is 12.0 Å². The molecule has 0 atom stereocenters. The van der Waals surface area contributed by atoms with Crippen LogP contribution in [0.2, 0.25) is 0 Å². The number of aromatic nitrogens is 4. The van der Waals surface area contributed by atoms with E-state index in [2.05, 4.69) is 60.3 Å². The fraction of sp³-hybridized carbons (Fsp3) is 0.375. The van der Waals surface area contributed by atoms with Crippen molar-refractivity contribution in [2.45, 2.75) is 72.6 Å². The molecule has 9 heteroatoms. The second kappa shape index (κ2) is 12.8. The van der Waals surface area contributed by atoms with Gasteiger partial charge in [-0.15, -0.1) is 0 Å². The molecule has 0 aliphatic heterocycles. The maximum Gasteiger partial charge on any atom is 0.407 e. The van der Waals surface area contributed by atoms with Crippen LogP contribution in [0.3, 0.4) is 0 Å². The minimum absolute atomic E-state index is 0.179. The number of hydrogen-bond acceptors (Lipinski definition) is 7. The highest BCUT2D eigenvalue weighted by molar-refractivity contribution is 5.82. The van der Waals surface area contributed by atoms with E-state index in [1.54, 1.807) is 12.3 Å². The zero-order chi connectivity index (χ0) is 29.6. The average molecular weight is 557 g/mol. The van der Waals surface area contributed by atoms with Crippen LogP contribution in [0.25, 0.3) is 22.5 Å². The molecule has 0 aliphatic rings. The highest BCUT2D eigenvalue weighted by Gasteiger charge is 2.22. The quantitative estimate of drug-likeness (QED) is 0.233. The van der Waals surface area contributed by atoms with Gasteiger partial charge in [0.15, 0.2) is 0 Å². The monoisotopic (exact) mass is 556 g/mol. The first-order valence-electron chi connectivity index (χ1n) is 14.0. The van der Waals surface area contributed by atoms with Crippen molar-refractivity contribution in [3.8, 4) is 28.3 Å². The Morgan fingerprint density at radius 2 is 1.76 bits per heavy atom. The van der Waals surface area contributed by atoms with Crippen LogP contribution in [0, 0.1) is 0 Å². The van der Waals surface area contributed by atoms with Gasteiger partial charge in [-0.2, -0.15) is 5.10 Å². The van der Waals surface area contributed by atoms with Crippen LogP contribution in [0.5, 0.6) is 5.75 Å². The normalized spacial score (nSPS) is 11.5. The molecule has 0 saturated carbocycles. The maximum atomic E-state index is 12.2. The van der Waals surface area contributed by atoms with Gasteiger partial charge in [-0.3, -0.25) is 4.68 Å². The molecule has 0 aliphatic carbocycles. The third kappa shape index (κ3) is 7.84. The molecular weight excluding hydrogens is 516 g/mol. The number of nitrogens with one attached hydrogen (secondary N) is 1. The van der Waals surface area contributed by atoms with E-state index in [9.17, 15) is 4.79 Å². The second-order valence-corrected chi connectivity index (χ2v) is 11.2. The number of hydrogen-bond donors (Lipinski definition) is 2. The fourth-order valence-corrected chi connectivity index (χ4v) is 4.49. The molecule has 4 rings (SSSR count). The van der Waals surface area contributed by atoms with Crippen molar-refractivity contribution in [3.05, 3.63) is 77.6 Å². The number of anilines is 1. The Bertz CT molecular complexity index is 1450. The van der Waals surface area contributed by atoms with Crippen molar-refractivity contribution in [2.75, 3.05) is 12.3 Å². The van der Waals surface area contributed by atoms with E-state index >= 15 is 0 Å². The van der Waals surface area contributed by atoms with Crippen molar-refractivity contribution in [1.29, 1.82) is 0 Å². The Morgan fingerprint density at radius 3 is 2.37 bits per heavy atom. The molecule has 41 heavy (non-hydrogen) atoms. The molecule has 2 aromatic heterocycles. The minimum Gasteiger partial charge on any atom is -0.489 e. The van der Waals surface area contributed by atoms with Gasteiger partial charge in [-0.25, -0.2) is 14.8 Å². The molecule has 9 nitrogen and oxygen atoms in total. The highest BCUT2D eigenvalue weighted by atomic mass is 16.6. The molecule has 0 saturated heterocycles. The number of benzene rings is 2. The number of nitrogen functional groups attached to an aromatic ring is 1. The predicted molar refractivity (Wildman–Crippen MR) is 162 cm³/mol. The Balaban J connectivity index is 1.57. The molecule has 2 heterocycles. The van der Waals surface area contributed by atoms with Crippen molar-refractivity contribution < 1.29 is 14.3 Å². The van der Waals surface area contributed by atoms with E-state index in [4.69, 9.17) is 20.3 Å². The van der Waals surface area contributed by atoms with Crippen LogP contribution in [0.15, 0.2) is 60.8 Å². The average Bonchev–Trinajstić information content (AvgIpc) is 3.30. The summed E-state index contributed by atoms with van der Waals surface area (Å²) < 4.78 is 13.3. The van der Waals surface area contributed by atoms with E-state index in [0.717, 1.165) is 34.6 Å². The summed E-state index contributed by atoms with van der Waals surface area (Å²) in [5.41, 5.74) is 12.1. The number of carbonyl (C=O) groups excluding carboxylic acids is 1. The van der Waals surface area contributed by atoms with Gasteiger partial charge in [-0.05, 0) is 68.0 Å². The largest absolute Gasteiger partial charge is 0.489 e. The summed E-state index contributed by atoms with van der Waals surface area (Å²) in [6, 6.07) is 18.3. The molecule has 1 amide bonds. The van der Waals surface area contributed by atoms with Crippen LogP contribution < -0.4 is 15.8 Å².